The number of fused-ring (bicyclic) bond motifs is 1. The summed E-state index contributed by atoms with van der Waals surface area (Å²) in [4.78, 5) is 47.6. The van der Waals surface area contributed by atoms with Crippen LogP contribution in [0.15, 0.2) is 35.3 Å². The molecule has 3 rings (SSSR count). The van der Waals surface area contributed by atoms with Gasteiger partial charge in [-0.3, -0.25) is 19.3 Å². The molecule has 9 heteroatoms. The van der Waals surface area contributed by atoms with E-state index in [1.165, 1.54) is 4.68 Å². The lowest BCUT2D eigenvalue weighted by atomic mass is 10.2. The second kappa shape index (κ2) is 6.49. The number of hydrogen-bond acceptors (Lipinski definition) is 5. The number of hydrogen-bond donors (Lipinski definition) is 2. The molecule has 0 atom stereocenters. The fraction of sp³-hybridized carbons (Fsp3) is 0.267. The summed E-state index contributed by atoms with van der Waals surface area (Å²) in [6.07, 6.45) is 1.59. The molecule has 24 heavy (non-hydrogen) atoms. The zero-order valence-electron chi connectivity index (χ0n) is 12.7. The molecule has 2 N–H and O–H groups in total. The van der Waals surface area contributed by atoms with Gasteiger partial charge in [-0.05, 0) is 6.07 Å². The van der Waals surface area contributed by atoms with Crippen LogP contribution in [-0.4, -0.2) is 52.2 Å². The van der Waals surface area contributed by atoms with Gasteiger partial charge in [-0.25, -0.2) is 9.48 Å². The summed E-state index contributed by atoms with van der Waals surface area (Å²) in [5.74, 6) is -0.920. The third kappa shape index (κ3) is 3.09. The minimum atomic E-state index is -0.581. The average Bonchev–Trinajstić information content (AvgIpc) is 2.89. The van der Waals surface area contributed by atoms with Gasteiger partial charge < -0.3 is 10.6 Å². The van der Waals surface area contributed by atoms with Crippen molar-refractivity contribution in [1.82, 2.24) is 25.3 Å². The quantitative estimate of drug-likeness (QED) is 0.688. The molecule has 0 spiro atoms. The van der Waals surface area contributed by atoms with Crippen LogP contribution in [0.4, 0.5) is 4.79 Å². The highest BCUT2D eigenvalue weighted by Gasteiger charge is 2.29. The highest BCUT2D eigenvalue weighted by Crippen LogP contribution is 2.06. The molecule has 4 amide bonds. The number of rotatable bonds is 5. The van der Waals surface area contributed by atoms with Gasteiger partial charge in [-0.1, -0.05) is 18.2 Å². The lowest BCUT2D eigenvalue weighted by Crippen LogP contribution is -2.42. The lowest BCUT2D eigenvalue weighted by molar-refractivity contribution is -0.130. The third-order valence-electron chi connectivity index (χ3n) is 3.65. The van der Waals surface area contributed by atoms with Crippen molar-refractivity contribution in [1.29, 1.82) is 0 Å². The lowest BCUT2D eigenvalue weighted by Gasteiger charge is -2.12. The van der Waals surface area contributed by atoms with Gasteiger partial charge >= 0.3 is 6.03 Å². The summed E-state index contributed by atoms with van der Waals surface area (Å²) in [6, 6.07) is 6.53. The van der Waals surface area contributed by atoms with Crippen molar-refractivity contribution < 1.29 is 14.4 Å². The number of carbonyl (C=O) groups is 3. The fourth-order valence-corrected chi connectivity index (χ4v) is 2.40. The Kier molecular flexibility index (Phi) is 4.23. The van der Waals surface area contributed by atoms with Crippen molar-refractivity contribution in [3.8, 4) is 0 Å². The number of amides is 4. The van der Waals surface area contributed by atoms with Crippen molar-refractivity contribution in [2.45, 2.75) is 6.54 Å². The molecule has 2 aromatic rings. The normalized spacial score (nSPS) is 14.1. The molecule has 1 aliphatic heterocycles. The maximum Gasteiger partial charge on any atom is 0.325 e. The molecule has 0 saturated carbocycles. The molecule has 0 radical (unpaired) electrons. The molecule has 1 aromatic heterocycles. The molecule has 1 saturated heterocycles. The summed E-state index contributed by atoms with van der Waals surface area (Å²) in [5, 5.41) is 10.3. The van der Waals surface area contributed by atoms with E-state index >= 15 is 0 Å². The van der Waals surface area contributed by atoms with Crippen molar-refractivity contribution in [3.63, 3.8) is 0 Å². The predicted molar refractivity (Wildman–Crippen MR) is 84.1 cm³/mol. The monoisotopic (exact) mass is 329 g/mol. The zero-order chi connectivity index (χ0) is 17.1. The Morgan fingerprint density at radius 2 is 2.04 bits per heavy atom. The average molecular weight is 329 g/mol. The van der Waals surface area contributed by atoms with Gasteiger partial charge in [-0.15, -0.1) is 0 Å². The molecule has 0 unspecified atom stereocenters. The molecule has 1 fully saturated rings. The Labute approximate surface area is 136 Å². The van der Waals surface area contributed by atoms with Gasteiger partial charge in [0.1, 0.15) is 6.54 Å². The van der Waals surface area contributed by atoms with Crippen LogP contribution in [-0.2, 0) is 16.1 Å². The zero-order valence-corrected chi connectivity index (χ0v) is 12.7. The molecule has 1 aromatic carbocycles. The first-order valence-electron chi connectivity index (χ1n) is 7.36. The third-order valence-corrected chi connectivity index (χ3v) is 3.65. The Hall–Kier alpha value is -3.23. The number of nitrogens with one attached hydrogen (secondary N) is 2. The van der Waals surface area contributed by atoms with Gasteiger partial charge in [0.15, 0.2) is 0 Å². The van der Waals surface area contributed by atoms with Crippen LogP contribution < -0.4 is 16.2 Å². The van der Waals surface area contributed by atoms with Crippen LogP contribution >= 0.6 is 0 Å². The molecule has 1 aliphatic rings. The van der Waals surface area contributed by atoms with Crippen molar-refractivity contribution in [2.75, 3.05) is 19.6 Å². The molecule has 124 valence electrons. The summed E-state index contributed by atoms with van der Waals surface area (Å²) in [5.41, 5.74) is -0.239. The van der Waals surface area contributed by atoms with Crippen LogP contribution in [0.5, 0.6) is 0 Å². The summed E-state index contributed by atoms with van der Waals surface area (Å²) in [7, 11) is 0. The highest BCUT2D eigenvalue weighted by molar-refractivity contribution is 6.04. The number of aromatic nitrogens is 2. The minimum Gasteiger partial charge on any atom is -0.353 e. The van der Waals surface area contributed by atoms with Gasteiger partial charge in [-0.2, -0.15) is 5.10 Å². The first kappa shape index (κ1) is 15.7. The van der Waals surface area contributed by atoms with E-state index in [2.05, 4.69) is 15.7 Å². The molecule has 0 aliphatic carbocycles. The Balaban J connectivity index is 1.58. The second-order valence-corrected chi connectivity index (χ2v) is 5.25. The van der Waals surface area contributed by atoms with E-state index in [4.69, 9.17) is 0 Å². The predicted octanol–water partition coefficient (Wildman–Crippen LogP) is -0.935. The number of nitrogens with zero attached hydrogens (tertiary/aromatic N) is 3. The number of imide groups is 1. The van der Waals surface area contributed by atoms with Crippen LogP contribution in [0.1, 0.15) is 0 Å². The SMILES string of the molecule is O=C(CN1C(=O)CNC1=O)NCCn1ncc2ccccc2c1=O. The smallest absolute Gasteiger partial charge is 0.325 e. The highest BCUT2D eigenvalue weighted by atomic mass is 16.2. The van der Waals surface area contributed by atoms with E-state index in [1.807, 2.05) is 6.07 Å². The van der Waals surface area contributed by atoms with Crippen LogP contribution in [0.2, 0.25) is 0 Å². The van der Waals surface area contributed by atoms with E-state index < -0.39 is 17.8 Å². The van der Waals surface area contributed by atoms with E-state index in [-0.39, 0.29) is 31.7 Å². The molecule has 0 bridgehead atoms. The molecule has 9 nitrogen and oxygen atoms in total. The summed E-state index contributed by atoms with van der Waals surface area (Å²) < 4.78 is 1.26. The summed E-state index contributed by atoms with van der Waals surface area (Å²) in [6.45, 7) is -0.0868. The maximum absolute atomic E-state index is 12.3. The largest absolute Gasteiger partial charge is 0.353 e. The van der Waals surface area contributed by atoms with Crippen molar-refractivity contribution >= 4 is 28.6 Å². The number of carbonyl (C=O) groups excluding carboxylic acids is 3. The van der Waals surface area contributed by atoms with Crippen molar-refractivity contribution in [3.05, 3.63) is 40.8 Å². The van der Waals surface area contributed by atoms with E-state index in [0.717, 1.165) is 10.3 Å². The second-order valence-electron chi connectivity index (χ2n) is 5.25. The minimum absolute atomic E-state index is 0.0947. The topological polar surface area (TPSA) is 113 Å². The van der Waals surface area contributed by atoms with E-state index in [9.17, 15) is 19.2 Å². The van der Waals surface area contributed by atoms with Crippen LogP contribution in [0.25, 0.3) is 10.8 Å². The molecule has 2 heterocycles. The van der Waals surface area contributed by atoms with Crippen LogP contribution in [0.3, 0.4) is 0 Å². The summed E-state index contributed by atoms with van der Waals surface area (Å²) >= 11 is 0. The van der Waals surface area contributed by atoms with Crippen LogP contribution in [0, 0.1) is 0 Å². The maximum atomic E-state index is 12.3. The Morgan fingerprint density at radius 3 is 2.79 bits per heavy atom. The van der Waals surface area contributed by atoms with E-state index in [0.29, 0.717) is 5.39 Å². The first-order valence-corrected chi connectivity index (χ1v) is 7.36. The van der Waals surface area contributed by atoms with Gasteiger partial charge in [0.2, 0.25) is 5.91 Å². The Bertz CT molecular complexity index is 860. The van der Waals surface area contributed by atoms with Gasteiger partial charge in [0.05, 0.1) is 24.7 Å². The van der Waals surface area contributed by atoms with Crippen molar-refractivity contribution in [2.24, 2.45) is 0 Å². The molecular weight excluding hydrogens is 314 g/mol. The standard InChI is InChI=1S/C15H15N5O4/c21-12(9-19-13(22)8-17-15(19)24)16-5-6-20-14(23)11-4-2-1-3-10(11)7-18-20/h1-4,7H,5-6,8-9H2,(H,16,21)(H,17,24). The first-order chi connectivity index (χ1) is 11.6. The number of urea groups is 1. The fourth-order valence-electron chi connectivity index (χ4n) is 2.40. The molecular formula is C15H15N5O4. The van der Waals surface area contributed by atoms with Gasteiger partial charge in [0.25, 0.3) is 11.5 Å². The number of benzene rings is 1. The van der Waals surface area contributed by atoms with E-state index in [1.54, 1.807) is 24.4 Å². The Morgan fingerprint density at radius 1 is 1.25 bits per heavy atom. The van der Waals surface area contributed by atoms with Gasteiger partial charge in [0, 0.05) is 11.9 Å².